The van der Waals surface area contributed by atoms with E-state index in [9.17, 15) is 14.0 Å². The number of nitrogens with zero attached hydrogens (tertiary/aromatic N) is 5. The first-order valence-electron chi connectivity index (χ1n) is 13.3. The zero-order valence-electron chi connectivity index (χ0n) is 20.8. The molecule has 0 saturated carbocycles. The highest BCUT2D eigenvalue weighted by Gasteiger charge is 2.47. The van der Waals surface area contributed by atoms with Crippen LogP contribution in [-0.2, 0) is 9.59 Å². The number of rotatable bonds is 5. The minimum atomic E-state index is -1.06. The van der Waals surface area contributed by atoms with Crippen molar-refractivity contribution in [1.29, 1.82) is 0 Å². The summed E-state index contributed by atoms with van der Waals surface area (Å²) in [6.45, 7) is 5.17. The second kappa shape index (κ2) is 10.0. The highest BCUT2D eigenvalue weighted by atomic mass is 19.1. The number of fused-ring (bicyclic) bond motifs is 1. The number of hydrogen-bond acceptors (Lipinski definition) is 9. The molecule has 0 spiro atoms. The largest absolute Gasteiger partial charge is 0.367 e. The van der Waals surface area contributed by atoms with Crippen LogP contribution in [0.2, 0.25) is 0 Å². The smallest absolute Gasteiger partial charge is 0.233 e. The van der Waals surface area contributed by atoms with E-state index in [-0.39, 0.29) is 36.3 Å². The minimum Gasteiger partial charge on any atom is -0.367 e. The Kier molecular flexibility index (Phi) is 6.74. The number of anilines is 2. The third-order valence-corrected chi connectivity index (χ3v) is 8.50. The number of amides is 2. The van der Waals surface area contributed by atoms with Crippen LogP contribution in [0, 0.1) is 17.7 Å². The van der Waals surface area contributed by atoms with Gasteiger partial charge in [0.05, 0.1) is 36.3 Å². The monoisotopic (exact) mass is 519 g/mol. The summed E-state index contributed by atoms with van der Waals surface area (Å²) in [7, 11) is 0. The van der Waals surface area contributed by atoms with Gasteiger partial charge in [-0.15, -0.1) is 0 Å². The number of alkyl halides is 1. The van der Waals surface area contributed by atoms with Gasteiger partial charge in [-0.2, -0.15) is 0 Å². The molecule has 6 heterocycles. The standard InChI is InChI=1S/C24H35F2N9O2/c25-15-8-29-22-19(21(27)31-35(22)11-15)23(36)30-18-10-28-9-17(26)20(18)33-6-2-14(3-7-33)24(37)34-12-16(13-34)32-4-1-5-32/h9-10,14-16,19,21-22,29,31H,1-8,11-13,27H2,(H,30,36). The molecule has 0 bridgehead atoms. The molecule has 5 aliphatic heterocycles. The van der Waals surface area contributed by atoms with Crippen LogP contribution in [0.4, 0.5) is 20.2 Å². The first-order valence-corrected chi connectivity index (χ1v) is 13.3. The normalized spacial score (nSPS) is 31.5. The van der Waals surface area contributed by atoms with Crippen molar-refractivity contribution >= 4 is 23.2 Å². The lowest BCUT2D eigenvalue weighted by molar-refractivity contribution is -0.145. The number of nitrogens with two attached hydrogens (primary N) is 1. The highest BCUT2D eigenvalue weighted by molar-refractivity contribution is 5.96. The summed E-state index contributed by atoms with van der Waals surface area (Å²) in [6, 6.07) is 0.507. The lowest BCUT2D eigenvalue weighted by Crippen LogP contribution is -2.65. The maximum atomic E-state index is 15.0. The predicted molar refractivity (Wildman–Crippen MR) is 132 cm³/mol. The molecule has 1 aromatic heterocycles. The molecular formula is C24H35F2N9O2. The number of nitrogens with one attached hydrogen (secondary N) is 3. The van der Waals surface area contributed by atoms with Gasteiger partial charge in [-0.25, -0.2) is 19.2 Å². The average molecular weight is 520 g/mol. The van der Waals surface area contributed by atoms with Crippen LogP contribution in [0.1, 0.15) is 19.3 Å². The number of piperidine rings is 1. The molecule has 202 valence electrons. The Bertz CT molecular complexity index is 1030. The molecule has 6 rings (SSSR count). The van der Waals surface area contributed by atoms with Crippen molar-refractivity contribution in [3.8, 4) is 0 Å². The van der Waals surface area contributed by atoms with E-state index < -0.39 is 36.1 Å². The second-order valence-corrected chi connectivity index (χ2v) is 10.8. The Morgan fingerprint density at radius 3 is 2.57 bits per heavy atom. The predicted octanol–water partition coefficient (Wildman–Crippen LogP) is -0.719. The Morgan fingerprint density at radius 1 is 1.11 bits per heavy atom. The fraction of sp³-hybridized carbons (Fsp3) is 0.708. The van der Waals surface area contributed by atoms with Gasteiger partial charge in [0.2, 0.25) is 11.8 Å². The van der Waals surface area contributed by atoms with E-state index in [0.717, 1.165) is 32.4 Å². The second-order valence-electron chi connectivity index (χ2n) is 10.8. The fourth-order valence-electron chi connectivity index (χ4n) is 6.22. The van der Waals surface area contributed by atoms with E-state index in [2.05, 4.69) is 25.9 Å². The van der Waals surface area contributed by atoms with E-state index in [1.165, 1.54) is 12.6 Å². The summed E-state index contributed by atoms with van der Waals surface area (Å²) in [5, 5.41) is 7.46. The maximum absolute atomic E-state index is 15.0. The molecular weight excluding hydrogens is 484 g/mol. The third-order valence-electron chi connectivity index (χ3n) is 8.50. The molecule has 11 nitrogen and oxygen atoms in total. The lowest BCUT2D eigenvalue weighted by atomic mass is 9.92. The SMILES string of the molecule is NC1NN2CC(F)CNC2C1C(=O)Nc1cncc(F)c1N1CCC(C(=O)N2CC(N3CCC3)C2)CC1. The van der Waals surface area contributed by atoms with Crippen LogP contribution >= 0.6 is 0 Å². The van der Waals surface area contributed by atoms with Crippen molar-refractivity contribution < 1.29 is 18.4 Å². The Labute approximate surface area is 214 Å². The molecule has 5 fully saturated rings. The quantitative estimate of drug-likeness (QED) is 0.399. The van der Waals surface area contributed by atoms with Crippen molar-refractivity contribution in [3.63, 3.8) is 0 Å². The number of hydrogen-bond donors (Lipinski definition) is 4. The van der Waals surface area contributed by atoms with Gasteiger partial charge < -0.3 is 20.9 Å². The number of pyridine rings is 1. The van der Waals surface area contributed by atoms with Crippen LogP contribution in [0.5, 0.6) is 0 Å². The Hall–Kier alpha value is -2.45. The summed E-state index contributed by atoms with van der Waals surface area (Å²) in [5.41, 5.74) is 9.64. The van der Waals surface area contributed by atoms with E-state index in [1.807, 2.05) is 9.80 Å². The van der Waals surface area contributed by atoms with E-state index in [1.54, 1.807) is 5.01 Å². The van der Waals surface area contributed by atoms with Gasteiger partial charge in [-0.3, -0.25) is 24.8 Å². The number of aromatic nitrogens is 1. The van der Waals surface area contributed by atoms with Crippen molar-refractivity contribution in [2.24, 2.45) is 17.6 Å². The molecule has 0 aromatic carbocycles. The van der Waals surface area contributed by atoms with Crippen LogP contribution < -0.4 is 26.7 Å². The van der Waals surface area contributed by atoms with Crippen molar-refractivity contribution in [3.05, 3.63) is 18.2 Å². The summed E-state index contributed by atoms with van der Waals surface area (Å²) in [5.74, 6) is -1.51. The summed E-state index contributed by atoms with van der Waals surface area (Å²) >= 11 is 0. The number of likely N-dealkylation sites (tertiary alicyclic amines) is 2. The number of halogens is 2. The minimum absolute atomic E-state index is 0.0678. The van der Waals surface area contributed by atoms with Crippen LogP contribution in [0.15, 0.2) is 12.4 Å². The molecule has 5 saturated heterocycles. The zero-order valence-corrected chi connectivity index (χ0v) is 20.8. The van der Waals surface area contributed by atoms with Gasteiger partial charge >= 0.3 is 0 Å². The molecule has 13 heteroatoms. The van der Waals surface area contributed by atoms with Gasteiger partial charge in [0.25, 0.3) is 0 Å². The van der Waals surface area contributed by atoms with Gasteiger partial charge in [0, 0.05) is 51.2 Å². The van der Waals surface area contributed by atoms with Crippen molar-refractivity contribution in [1.82, 2.24) is 30.5 Å². The molecule has 37 heavy (non-hydrogen) atoms. The summed E-state index contributed by atoms with van der Waals surface area (Å²) in [6.07, 6.45) is 2.83. The van der Waals surface area contributed by atoms with E-state index >= 15 is 4.39 Å². The zero-order chi connectivity index (χ0) is 25.7. The Morgan fingerprint density at radius 2 is 1.86 bits per heavy atom. The molecule has 0 aliphatic carbocycles. The van der Waals surface area contributed by atoms with Crippen molar-refractivity contribution in [2.75, 3.05) is 62.6 Å². The molecule has 5 N–H and O–H groups in total. The summed E-state index contributed by atoms with van der Waals surface area (Å²) < 4.78 is 28.8. The van der Waals surface area contributed by atoms with Crippen molar-refractivity contribution in [2.45, 2.75) is 43.8 Å². The van der Waals surface area contributed by atoms with Gasteiger partial charge in [0.1, 0.15) is 11.9 Å². The van der Waals surface area contributed by atoms with Crippen LogP contribution in [-0.4, -0.2) is 109 Å². The summed E-state index contributed by atoms with van der Waals surface area (Å²) in [4.78, 5) is 36.4. The van der Waals surface area contributed by atoms with Crippen LogP contribution in [0.25, 0.3) is 0 Å². The van der Waals surface area contributed by atoms with Gasteiger partial charge in [0.15, 0.2) is 5.82 Å². The first-order chi connectivity index (χ1) is 17.9. The number of carbonyl (C=O) groups excluding carboxylic acids is 2. The van der Waals surface area contributed by atoms with Crippen LogP contribution in [0.3, 0.4) is 0 Å². The maximum Gasteiger partial charge on any atom is 0.233 e. The highest BCUT2D eigenvalue weighted by Crippen LogP contribution is 2.34. The molecule has 5 aliphatic rings. The fourth-order valence-corrected chi connectivity index (χ4v) is 6.22. The molecule has 4 unspecified atom stereocenters. The Balaban J connectivity index is 1.08. The lowest BCUT2D eigenvalue weighted by Gasteiger charge is -2.50. The molecule has 1 aromatic rings. The first kappa shape index (κ1) is 24.9. The molecule has 2 amide bonds. The van der Waals surface area contributed by atoms with Gasteiger partial charge in [-0.05, 0) is 32.4 Å². The number of carbonyl (C=O) groups is 2. The van der Waals surface area contributed by atoms with E-state index in [0.29, 0.717) is 32.0 Å². The molecule has 0 radical (unpaired) electrons. The average Bonchev–Trinajstić information content (AvgIpc) is 3.14. The number of hydrazine groups is 1. The topological polar surface area (TPSA) is 122 Å². The van der Waals surface area contributed by atoms with Gasteiger partial charge in [-0.1, -0.05) is 0 Å². The third kappa shape index (κ3) is 4.67. The van der Waals surface area contributed by atoms with E-state index in [4.69, 9.17) is 5.73 Å². The molecule has 4 atom stereocenters.